The first-order valence-corrected chi connectivity index (χ1v) is 11.4. The van der Waals surface area contributed by atoms with E-state index in [0.717, 1.165) is 61.7 Å². The number of hydrogen-bond acceptors (Lipinski definition) is 5. The van der Waals surface area contributed by atoms with Crippen molar-refractivity contribution in [3.8, 4) is 0 Å². The molecule has 0 aliphatic carbocycles. The van der Waals surface area contributed by atoms with Crippen LogP contribution in [0.25, 0.3) is 0 Å². The SMILES string of the molecule is Cc1nn(C)c(C)c1CCNC(=O)c1ccc([C@@H]2CCCN(Cc3ccccn3)C2)nc1. The summed E-state index contributed by atoms with van der Waals surface area (Å²) < 4.78 is 1.89. The Bertz CT molecular complexity index is 1040. The predicted octanol–water partition coefficient (Wildman–Crippen LogP) is 3.18. The van der Waals surface area contributed by atoms with Crippen molar-refractivity contribution in [2.75, 3.05) is 19.6 Å². The molecule has 7 heteroatoms. The first-order valence-electron chi connectivity index (χ1n) is 11.4. The van der Waals surface area contributed by atoms with Crippen LogP contribution in [0, 0.1) is 13.8 Å². The lowest BCUT2D eigenvalue weighted by molar-refractivity contribution is 0.0953. The summed E-state index contributed by atoms with van der Waals surface area (Å²) in [7, 11) is 1.95. The Labute approximate surface area is 189 Å². The van der Waals surface area contributed by atoms with Gasteiger partial charge in [-0.1, -0.05) is 6.07 Å². The Kier molecular flexibility index (Phi) is 6.95. The van der Waals surface area contributed by atoms with E-state index in [1.54, 1.807) is 6.20 Å². The maximum absolute atomic E-state index is 12.6. The molecule has 0 radical (unpaired) electrons. The lowest BCUT2D eigenvalue weighted by atomic mass is 9.94. The van der Waals surface area contributed by atoms with E-state index < -0.39 is 0 Å². The highest BCUT2D eigenvalue weighted by atomic mass is 16.1. The highest BCUT2D eigenvalue weighted by molar-refractivity contribution is 5.93. The van der Waals surface area contributed by atoms with E-state index in [1.165, 1.54) is 5.56 Å². The molecule has 168 valence electrons. The fraction of sp³-hybridized carbons (Fsp3) is 0.440. The van der Waals surface area contributed by atoms with E-state index in [9.17, 15) is 4.79 Å². The Morgan fingerprint density at radius 1 is 1.19 bits per heavy atom. The van der Waals surface area contributed by atoms with Crippen LogP contribution in [0.2, 0.25) is 0 Å². The number of rotatable bonds is 7. The van der Waals surface area contributed by atoms with Gasteiger partial charge in [-0.2, -0.15) is 5.10 Å². The molecule has 7 nitrogen and oxygen atoms in total. The molecule has 0 saturated carbocycles. The molecule has 4 heterocycles. The van der Waals surface area contributed by atoms with Crippen molar-refractivity contribution in [3.05, 3.63) is 76.6 Å². The van der Waals surface area contributed by atoms with Gasteiger partial charge >= 0.3 is 0 Å². The molecule has 1 aliphatic heterocycles. The van der Waals surface area contributed by atoms with Crippen molar-refractivity contribution in [2.45, 2.75) is 45.6 Å². The molecule has 1 N–H and O–H groups in total. The second kappa shape index (κ2) is 10.0. The fourth-order valence-corrected chi connectivity index (χ4v) is 4.52. The van der Waals surface area contributed by atoms with Crippen LogP contribution in [0.4, 0.5) is 0 Å². The van der Waals surface area contributed by atoms with Crippen molar-refractivity contribution in [1.82, 2.24) is 30.0 Å². The van der Waals surface area contributed by atoms with Gasteiger partial charge in [-0.15, -0.1) is 0 Å². The number of amides is 1. The number of nitrogens with zero attached hydrogens (tertiary/aromatic N) is 5. The van der Waals surface area contributed by atoms with Crippen molar-refractivity contribution >= 4 is 5.91 Å². The standard InChI is InChI=1S/C25H32N6O/c1-18-23(19(2)30(3)29-18)11-13-27-25(32)20-9-10-24(28-15-20)21-7-6-14-31(16-21)17-22-8-4-5-12-26-22/h4-5,8-10,12,15,21H,6-7,11,13-14,16-17H2,1-3H3,(H,27,32)/t21-/m1/s1. The summed E-state index contributed by atoms with van der Waals surface area (Å²) in [5, 5.41) is 7.45. The molecular weight excluding hydrogens is 400 g/mol. The molecule has 0 bridgehead atoms. The molecule has 1 atom stereocenters. The quantitative estimate of drug-likeness (QED) is 0.621. The number of aromatic nitrogens is 4. The van der Waals surface area contributed by atoms with Crippen LogP contribution < -0.4 is 5.32 Å². The van der Waals surface area contributed by atoms with E-state index in [1.807, 2.05) is 49.1 Å². The number of carbonyl (C=O) groups is 1. The third-order valence-corrected chi connectivity index (χ3v) is 6.40. The molecular formula is C25H32N6O. The lowest BCUT2D eigenvalue weighted by Gasteiger charge is -2.32. The van der Waals surface area contributed by atoms with E-state index in [2.05, 4.69) is 38.3 Å². The zero-order valence-corrected chi connectivity index (χ0v) is 19.2. The van der Waals surface area contributed by atoms with Gasteiger partial charge in [0.05, 0.1) is 17.0 Å². The maximum atomic E-state index is 12.6. The third-order valence-electron chi connectivity index (χ3n) is 6.40. The molecule has 4 rings (SSSR count). The van der Waals surface area contributed by atoms with Crippen LogP contribution in [0.1, 0.15) is 57.5 Å². The number of pyridine rings is 2. The second-order valence-corrected chi connectivity index (χ2v) is 8.65. The number of carbonyl (C=O) groups excluding carboxylic acids is 1. The van der Waals surface area contributed by atoms with Gasteiger partial charge in [0.15, 0.2) is 0 Å². The number of hydrogen-bond donors (Lipinski definition) is 1. The maximum Gasteiger partial charge on any atom is 0.252 e. The number of nitrogens with one attached hydrogen (secondary N) is 1. The highest BCUT2D eigenvalue weighted by Crippen LogP contribution is 2.26. The van der Waals surface area contributed by atoms with Gasteiger partial charge in [0.25, 0.3) is 5.91 Å². The molecule has 0 aromatic carbocycles. The molecule has 32 heavy (non-hydrogen) atoms. The summed E-state index contributed by atoms with van der Waals surface area (Å²) in [6.45, 7) is 7.58. The molecule has 3 aromatic heterocycles. The summed E-state index contributed by atoms with van der Waals surface area (Å²) in [5.41, 5.74) is 6.14. The largest absolute Gasteiger partial charge is 0.352 e. The van der Waals surface area contributed by atoms with Gasteiger partial charge in [-0.05, 0) is 69.5 Å². The van der Waals surface area contributed by atoms with Gasteiger partial charge < -0.3 is 5.32 Å². The van der Waals surface area contributed by atoms with Crippen LogP contribution in [0.3, 0.4) is 0 Å². The van der Waals surface area contributed by atoms with Gasteiger partial charge in [-0.25, -0.2) is 0 Å². The fourth-order valence-electron chi connectivity index (χ4n) is 4.52. The molecule has 1 amide bonds. The van der Waals surface area contributed by atoms with Gasteiger partial charge in [0.1, 0.15) is 0 Å². The number of piperidine rings is 1. The lowest BCUT2D eigenvalue weighted by Crippen LogP contribution is -2.34. The number of likely N-dealkylation sites (tertiary alicyclic amines) is 1. The van der Waals surface area contributed by atoms with Crippen LogP contribution in [-0.4, -0.2) is 50.2 Å². The summed E-state index contributed by atoms with van der Waals surface area (Å²) in [6, 6.07) is 9.97. The van der Waals surface area contributed by atoms with E-state index in [4.69, 9.17) is 0 Å². The average Bonchev–Trinajstić information content (AvgIpc) is 3.06. The van der Waals surface area contributed by atoms with Crippen LogP contribution in [0.15, 0.2) is 42.7 Å². The summed E-state index contributed by atoms with van der Waals surface area (Å²) in [6.07, 6.45) is 6.61. The number of aryl methyl sites for hydroxylation is 2. The Morgan fingerprint density at radius 3 is 2.75 bits per heavy atom. The van der Waals surface area contributed by atoms with Crippen LogP contribution >= 0.6 is 0 Å². The zero-order chi connectivity index (χ0) is 22.5. The molecule has 0 unspecified atom stereocenters. The Hall–Kier alpha value is -3.06. The topological polar surface area (TPSA) is 75.9 Å². The normalized spacial score (nSPS) is 16.8. The Morgan fingerprint density at radius 2 is 2.06 bits per heavy atom. The van der Waals surface area contributed by atoms with E-state index >= 15 is 0 Å². The van der Waals surface area contributed by atoms with Crippen molar-refractivity contribution in [1.29, 1.82) is 0 Å². The first-order chi connectivity index (χ1) is 15.5. The van der Waals surface area contributed by atoms with Crippen LogP contribution in [-0.2, 0) is 20.0 Å². The highest BCUT2D eigenvalue weighted by Gasteiger charge is 2.23. The molecule has 1 fully saturated rings. The van der Waals surface area contributed by atoms with E-state index in [0.29, 0.717) is 18.0 Å². The molecule has 1 aliphatic rings. The minimum absolute atomic E-state index is 0.0799. The van der Waals surface area contributed by atoms with Crippen LogP contribution in [0.5, 0.6) is 0 Å². The average molecular weight is 433 g/mol. The summed E-state index contributed by atoms with van der Waals surface area (Å²) in [5.74, 6) is 0.310. The van der Waals surface area contributed by atoms with E-state index in [-0.39, 0.29) is 5.91 Å². The van der Waals surface area contributed by atoms with Gasteiger partial charge in [-0.3, -0.25) is 24.3 Å². The predicted molar refractivity (Wildman–Crippen MR) is 124 cm³/mol. The first kappa shape index (κ1) is 22.1. The zero-order valence-electron chi connectivity index (χ0n) is 19.2. The smallest absolute Gasteiger partial charge is 0.252 e. The van der Waals surface area contributed by atoms with Crippen molar-refractivity contribution < 1.29 is 4.79 Å². The summed E-state index contributed by atoms with van der Waals surface area (Å²) >= 11 is 0. The molecule has 0 spiro atoms. The van der Waals surface area contributed by atoms with Crippen molar-refractivity contribution in [2.24, 2.45) is 7.05 Å². The van der Waals surface area contributed by atoms with Gasteiger partial charge in [0, 0.05) is 56.4 Å². The minimum atomic E-state index is -0.0799. The van der Waals surface area contributed by atoms with Crippen molar-refractivity contribution in [3.63, 3.8) is 0 Å². The Balaban J connectivity index is 1.30. The third kappa shape index (κ3) is 5.22. The molecule has 1 saturated heterocycles. The monoisotopic (exact) mass is 432 g/mol. The minimum Gasteiger partial charge on any atom is -0.352 e. The second-order valence-electron chi connectivity index (χ2n) is 8.65. The summed E-state index contributed by atoms with van der Waals surface area (Å²) in [4.78, 5) is 24.1. The molecule has 3 aromatic rings. The van der Waals surface area contributed by atoms with Gasteiger partial charge in [0.2, 0.25) is 0 Å².